The predicted octanol–water partition coefficient (Wildman–Crippen LogP) is 6.19. The highest BCUT2D eigenvalue weighted by molar-refractivity contribution is 5.83. The molecule has 2 amide bonds. The lowest BCUT2D eigenvalue weighted by molar-refractivity contribution is 0.145. The van der Waals surface area contributed by atoms with Gasteiger partial charge in [-0.3, -0.25) is 5.32 Å². The summed E-state index contributed by atoms with van der Waals surface area (Å²) < 4.78 is 11.1. The Morgan fingerprint density at radius 3 is 2.19 bits per heavy atom. The van der Waals surface area contributed by atoms with Crippen LogP contribution in [-0.2, 0) is 9.47 Å². The molecule has 1 aromatic rings. The molecule has 0 bridgehead atoms. The van der Waals surface area contributed by atoms with Crippen LogP contribution in [0.3, 0.4) is 0 Å². The van der Waals surface area contributed by atoms with E-state index in [-0.39, 0.29) is 18.0 Å². The van der Waals surface area contributed by atoms with Gasteiger partial charge in [-0.05, 0) is 19.3 Å². The van der Waals surface area contributed by atoms with Crippen LogP contribution in [0, 0.1) is 0 Å². The average molecular weight is 520 g/mol. The molecule has 10 heteroatoms. The second-order valence-corrected chi connectivity index (χ2v) is 9.34. The third-order valence-corrected chi connectivity index (χ3v) is 6.16. The van der Waals surface area contributed by atoms with Gasteiger partial charge in [0.25, 0.3) is 5.62 Å². The lowest BCUT2D eigenvalue weighted by atomic mass is 10.1. The van der Waals surface area contributed by atoms with Gasteiger partial charge in [-0.15, -0.1) is 9.72 Å². The SMILES string of the molecule is CCCCCCCCOC(=O)/N=c1\nc(N2CC=CCC2)cc(NC(=O)OCCCCCCCC)n1O. The van der Waals surface area contributed by atoms with Crippen molar-refractivity contribution >= 4 is 23.8 Å². The van der Waals surface area contributed by atoms with E-state index in [2.05, 4.69) is 35.2 Å². The minimum Gasteiger partial charge on any atom is -0.449 e. The van der Waals surface area contributed by atoms with Crippen molar-refractivity contribution in [2.75, 3.05) is 36.5 Å². The molecule has 0 aliphatic carbocycles. The molecule has 10 nitrogen and oxygen atoms in total. The molecule has 0 saturated carbocycles. The second kappa shape index (κ2) is 18.2. The number of ether oxygens (including phenoxy) is 2. The van der Waals surface area contributed by atoms with Gasteiger partial charge >= 0.3 is 12.2 Å². The zero-order valence-corrected chi connectivity index (χ0v) is 22.6. The second-order valence-electron chi connectivity index (χ2n) is 9.34. The van der Waals surface area contributed by atoms with Crippen molar-refractivity contribution in [2.24, 2.45) is 4.99 Å². The van der Waals surface area contributed by atoms with Gasteiger partial charge in [0.1, 0.15) is 5.82 Å². The van der Waals surface area contributed by atoms with E-state index in [9.17, 15) is 14.8 Å². The number of unbranched alkanes of at least 4 members (excludes halogenated alkanes) is 10. The molecule has 2 heterocycles. The zero-order valence-electron chi connectivity index (χ0n) is 22.6. The first-order valence-electron chi connectivity index (χ1n) is 13.9. The maximum absolute atomic E-state index is 12.4. The van der Waals surface area contributed by atoms with E-state index in [0.717, 1.165) is 44.9 Å². The molecule has 0 unspecified atom stereocenters. The molecule has 0 aromatic carbocycles. The summed E-state index contributed by atoms with van der Waals surface area (Å²) >= 11 is 0. The molecule has 2 N–H and O–H groups in total. The van der Waals surface area contributed by atoms with Gasteiger partial charge in [-0.25, -0.2) is 9.59 Å². The van der Waals surface area contributed by atoms with Crippen molar-refractivity contribution in [3.8, 4) is 0 Å². The molecule has 1 aliphatic rings. The van der Waals surface area contributed by atoms with Crippen molar-refractivity contribution in [3.63, 3.8) is 0 Å². The van der Waals surface area contributed by atoms with Crippen molar-refractivity contribution < 1.29 is 24.3 Å². The fraction of sp³-hybridized carbons (Fsp3) is 0.704. The van der Waals surface area contributed by atoms with Gasteiger partial charge in [0, 0.05) is 19.2 Å². The normalized spacial score (nSPS) is 13.6. The summed E-state index contributed by atoms with van der Waals surface area (Å²) in [4.78, 5) is 34.8. The van der Waals surface area contributed by atoms with Crippen LogP contribution >= 0.6 is 0 Å². The number of amides is 2. The van der Waals surface area contributed by atoms with E-state index in [1.165, 1.54) is 44.6 Å². The molecule has 0 atom stereocenters. The van der Waals surface area contributed by atoms with E-state index in [0.29, 0.717) is 30.2 Å². The standard InChI is InChI=1S/C27H45N5O5/c1-3-5-7-9-11-16-20-36-26(33)29-24-22-23(31-18-14-13-15-19-31)28-25(32(24)35)30-27(34)37-21-17-12-10-8-6-4-2/h13-14,22,35H,3-12,15-21H2,1-2H3,(H,29,33)/b30-25+. The number of carbonyl (C=O) groups excluding carboxylic acids is 2. The fourth-order valence-corrected chi connectivity index (χ4v) is 3.99. The molecule has 1 aliphatic heterocycles. The Morgan fingerprint density at radius 2 is 1.57 bits per heavy atom. The summed E-state index contributed by atoms with van der Waals surface area (Å²) in [5, 5.41) is 13.2. The molecule has 1 aromatic heterocycles. The fourth-order valence-electron chi connectivity index (χ4n) is 3.99. The number of nitrogens with zero attached hydrogens (tertiary/aromatic N) is 4. The first kappa shape index (κ1) is 30.2. The number of carbonyl (C=O) groups is 2. The Bertz CT molecular complexity index is 915. The molecule has 2 rings (SSSR count). The quantitative estimate of drug-likeness (QED) is 0.152. The summed E-state index contributed by atoms with van der Waals surface area (Å²) in [5.74, 6) is 0.485. The summed E-state index contributed by atoms with van der Waals surface area (Å²) in [6.45, 7) is 6.22. The van der Waals surface area contributed by atoms with Crippen LogP contribution in [0.25, 0.3) is 0 Å². The Morgan fingerprint density at radius 1 is 0.946 bits per heavy atom. The Kier molecular flexibility index (Phi) is 14.9. The van der Waals surface area contributed by atoms with Gasteiger partial charge in [-0.1, -0.05) is 90.2 Å². The smallest absolute Gasteiger partial charge is 0.437 e. The van der Waals surface area contributed by atoms with E-state index in [1.54, 1.807) is 0 Å². The molecule has 37 heavy (non-hydrogen) atoms. The van der Waals surface area contributed by atoms with Crippen LogP contribution in [0.15, 0.2) is 23.2 Å². The maximum Gasteiger partial charge on any atom is 0.437 e. The molecular formula is C27H45N5O5. The van der Waals surface area contributed by atoms with Crippen LogP contribution in [0.4, 0.5) is 21.2 Å². The topological polar surface area (TPSA) is 118 Å². The zero-order chi connectivity index (χ0) is 26.7. The van der Waals surface area contributed by atoms with Gasteiger partial charge in [0.15, 0.2) is 5.82 Å². The van der Waals surface area contributed by atoms with Crippen molar-refractivity contribution in [1.82, 2.24) is 9.71 Å². The highest BCUT2D eigenvalue weighted by atomic mass is 16.6. The van der Waals surface area contributed by atoms with Gasteiger partial charge in [0.2, 0.25) is 0 Å². The van der Waals surface area contributed by atoms with Gasteiger partial charge in [-0.2, -0.15) is 4.98 Å². The Labute approximate surface area is 220 Å². The first-order valence-corrected chi connectivity index (χ1v) is 13.9. The van der Waals surface area contributed by atoms with Gasteiger partial charge in [0.05, 0.1) is 13.2 Å². The van der Waals surface area contributed by atoms with E-state index in [4.69, 9.17) is 9.47 Å². The van der Waals surface area contributed by atoms with Crippen LogP contribution in [0.2, 0.25) is 0 Å². The lowest BCUT2D eigenvalue weighted by Crippen LogP contribution is -2.34. The van der Waals surface area contributed by atoms with Crippen molar-refractivity contribution in [2.45, 2.75) is 97.3 Å². The van der Waals surface area contributed by atoms with Crippen LogP contribution in [0.1, 0.15) is 97.3 Å². The van der Waals surface area contributed by atoms with E-state index < -0.39 is 12.2 Å². The number of anilines is 2. The number of hydrogen-bond donors (Lipinski definition) is 2. The van der Waals surface area contributed by atoms with Crippen LogP contribution < -0.4 is 15.8 Å². The number of nitrogens with one attached hydrogen (secondary N) is 1. The maximum atomic E-state index is 12.4. The monoisotopic (exact) mass is 519 g/mol. The largest absolute Gasteiger partial charge is 0.449 e. The molecular weight excluding hydrogens is 474 g/mol. The summed E-state index contributed by atoms with van der Waals surface area (Å²) in [6.07, 6.45) is 16.3. The number of rotatable bonds is 16. The van der Waals surface area contributed by atoms with Crippen LogP contribution in [0.5, 0.6) is 0 Å². The third-order valence-electron chi connectivity index (χ3n) is 6.16. The predicted molar refractivity (Wildman–Crippen MR) is 144 cm³/mol. The van der Waals surface area contributed by atoms with E-state index >= 15 is 0 Å². The van der Waals surface area contributed by atoms with Crippen molar-refractivity contribution in [3.05, 3.63) is 23.8 Å². The molecule has 0 fully saturated rings. The summed E-state index contributed by atoms with van der Waals surface area (Å²) in [6, 6.07) is 1.53. The lowest BCUT2D eigenvalue weighted by Gasteiger charge is -2.25. The Hall–Kier alpha value is -3.04. The minimum absolute atomic E-state index is 0.00923. The van der Waals surface area contributed by atoms with Crippen molar-refractivity contribution in [1.29, 1.82) is 0 Å². The number of aromatic nitrogens is 2. The summed E-state index contributed by atoms with van der Waals surface area (Å²) in [7, 11) is 0. The molecule has 0 radical (unpaired) electrons. The average Bonchev–Trinajstić information content (AvgIpc) is 2.90. The molecule has 208 valence electrons. The minimum atomic E-state index is -0.837. The summed E-state index contributed by atoms with van der Waals surface area (Å²) in [5.41, 5.74) is -0.272. The third kappa shape index (κ3) is 12.2. The number of hydrogen-bond acceptors (Lipinski definition) is 7. The highest BCUT2D eigenvalue weighted by Gasteiger charge is 2.16. The first-order chi connectivity index (χ1) is 18.0. The molecule has 0 spiro atoms. The van der Waals surface area contributed by atoms with E-state index in [1.807, 2.05) is 11.0 Å². The highest BCUT2D eigenvalue weighted by Crippen LogP contribution is 2.17. The molecule has 0 saturated heterocycles. The van der Waals surface area contributed by atoms with Gasteiger partial charge < -0.3 is 19.6 Å². The van der Waals surface area contributed by atoms with Crippen LogP contribution in [-0.4, -0.2) is 53.4 Å². The Balaban J connectivity index is 2.01.